The minimum absolute atomic E-state index is 0.231. The van der Waals surface area contributed by atoms with Crippen molar-refractivity contribution < 1.29 is 9.84 Å². The van der Waals surface area contributed by atoms with E-state index in [1.165, 1.54) is 0 Å². The van der Waals surface area contributed by atoms with E-state index in [2.05, 4.69) is 4.98 Å². The Labute approximate surface area is 104 Å². The van der Waals surface area contributed by atoms with Crippen LogP contribution in [0.4, 0.5) is 0 Å². The van der Waals surface area contributed by atoms with Crippen LogP contribution in [-0.2, 0) is 0 Å². The summed E-state index contributed by atoms with van der Waals surface area (Å²) in [6.45, 7) is 0. The Morgan fingerprint density at radius 1 is 1.22 bits per heavy atom. The highest BCUT2D eigenvalue weighted by Gasteiger charge is 2.10. The minimum Gasteiger partial charge on any atom is -0.508 e. The van der Waals surface area contributed by atoms with Gasteiger partial charge in [-0.3, -0.25) is 4.40 Å². The third-order valence-electron chi connectivity index (χ3n) is 2.86. The molecule has 4 nitrogen and oxygen atoms in total. The number of imidazole rings is 1. The van der Waals surface area contributed by atoms with Crippen LogP contribution in [0.2, 0.25) is 0 Å². The number of aromatic nitrogens is 2. The molecule has 2 aromatic heterocycles. The van der Waals surface area contributed by atoms with Gasteiger partial charge in [-0.2, -0.15) is 0 Å². The number of rotatable bonds is 2. The normalized spacial score (nSPS) is 10.7. The summed E-state index contributed by atoms with van der Waals surface area (Å²) >= 11 is 0. The first kappa shape index (κ1) is 10.7. The minimum atomic E-state index is 0.231. The van der Waals surface area contributed by atoms with Crippen molar-refractivity contribution in [1.82, 2.24) is 9.38 Å². The molecule has 0 atom stereocenters. The molecule has 3 rings (SSSR count). The van der Waals surface area contributed by atoms with Crippen LogP contribution in [0, 0.1) is 0 Å². The standard InChI is InChI=1S/C14H12N2O2/c1-18-13-5-3-2-4-12(13)14-15-9-10-8-11(17)6-7-16(10)14/h2-9,17H,1H3. The number of pyridine rings is 1. The summed E-state index contributed by atoms with van der Waals surface area (Å²) in [5, 5.41) is 9.45. The fourth-order valence-electron chi connectivity index (χ4n) is 2.02. The van der Waals surface area contributed by atoms with Crippen molar-refractivity contribution in [1.29, 1.82) is 0 Å². The maximum atomic E-state index is 9.45. The van der Waals surface area contributed by atoms with Crippen molar-refractivity contribution in [3.05, 3.63) is 48.8 Å². The van der Waals surface area contributed by atoms with Gasteiger partial charge in [-0.05, 0) is 18.2 Å². The van der Waals surface area contributed by atoms with Crippen molar-refractivity contribution in [2.24, 2.45) is 0 Å². The largest absolute Gasteiger partial charge is 0.508 e. The molecule has 0 fully saturated rings. The van der Waals surface area contributed by atoms with E-state index in [1.807, 2.05) is 28.7 Å². The summed E-state index contributed by atoms with van der Waals surface area (Å²) in [6.07, 6.45) is 3.51. The molecular weight excluding hydrogens is 228 g/mol. The van der Waals surface area contributed by atoms with E-state index in [1.54, 1.807) is 31.6 Å². The fraction of sp³-hybridized carbons (Fsp3) is 0.0714. The molecule has 0 aliphatic carbocycles. The van der Waals surface area contributed by atoms with Crippen LogP contribution in [0.3, 0.4) is 0 Å². The first-order valence-corrected chi connectivity index (χ1v) is 5.59. The van der Waals surface area contributed by atoms with Gasteiger partial charge in [0, 0.05) is 12.3 Å². The average molecular weight is 240 g/mol. The second kappa shape index (κ2) is 4.07. The van der Waals surface area contributed by atoms with Crippen LogP contribution in [0.25, 0.3) is 16.9 Å². The molecule has 0 spiro atoms. The van der Waals surface area contributed by atoms with Crippen molar-refractivity contribution in [2.45, 2.75) is 0 Å². The second-order valence-electron chi connectivity index (χ2n) is 3.96. The first-order valence-electron chi connectivity index (χ1n) is 5.59. The molecule has 90 valence electrons. The Balaban J connectivity index is 2.26. The third-order valence-corrected chi connectivity index (χ3v) is 2.86. The fourth-order valence-corrected chi connectivity index (χ4v) is 2.02. The zero-order chi connectivity index (χ0) is 12.5. The number of hydrogen-bond donors (Lipinski definition) is 1. The molecule has 0 aliphatic heterocycles. The Morgan fingerprint density at radius 3 is 2.89 bits per heavy atom. The van der Waals surface area contributed by atoms with Gasteiger partial charge in [0.2, 0.25) is 0 Å². The molecule has 0 aliphatic rings. The zero-order valence-electron chi connectivity index (χ0n) is 9.87. The predicted octanol–water partition coefficient (Wildman–Crippen LogP) is 2.72. The molecule has 0 radical (unpaired) electrons. The summed E-state index contributed by atoms with van der Waals surface area (Å²) in [7, 11) is 1.64. The van der Waals surface area contributed by atoms with Gasteiger partial charge < -0.3 is 9.84 Å². The van der Waals surface area contributed by atoms with Crippen LogP contribution in [0.15, 0.2) is 48.8 Å². The number of ether oxygens (including phenoxy) is 1. The lowest BCUT2D eigenvalue weighted by atomic mass is 10.2. The highest BCUT2D eigenvalue weighted by Crippen LogP contribution is 2.29. The quantitative estimate of drug-likeness (QED) is 0.749. The van der Waals surface area contributed by atoms with Crippen molar-refractivity contribution in [3.63, 3.8) is 0 Å². The first-order chi connectivity index (χ1) is 8.79. The highest BCUT2D eigenvalue weighted by molar-refractivity contribution is 5.68. The smallest absolute Gasteiger partial charge is 0.148 e. The van der Waals surface area contributed by atoms with E-state index < -0.39 is 0 Å². The lowest BCUT2D eigenvalue weighted by molar-refractivity contribution is 0.416. The molecule has 0 saturated heterocycles. The molecule has 2 heterocycles. The van der Waals surface area contributed by atoms with Crippen molar-refractivity contribution >= 4 is 5.52 Å². The van der Waals surface area contributed by atoms with Crippen molar-refractivity contribution in [3.8, 4) is 22.9 Å². The summed E-state index contributed by atoms with van der Waals surface area (Å²) in [4.78, 5) is 4.39. The van der Waals surface area contributed by atoms with Crippen LogP contribution >= 0.6 is 0 Å². The summed E-state index contributed by atoms with van der Waals surface area (Å²) in [6, 6.07) is 11.0. The van der Waals surface area contributed by atoms with Crippen LogP contribution in [0.5, 0.6) is 11.5 Å². The van der Waals surface area contributed by atoms with Gasteiger partial charge in [-0.1, -0.05) is 12.1 Å². The summed E-state index contributed by atoms with van der Waals surface area (Å²) in [5.41, 5.74) is 1.77. The van der Waals surface area contributed by atoms with E-state index in [0.29, 0.717) is 0 Å². The Morgan fingerprint density at radius 2 is 2.06 bits per heavy atom. The molecule has 1 aromatic carbocycles. The van der Waals surface area contributed by atoms with E-state index in [9.17, 15) is 5.11 Å². The monoisotopic (exact) mass is 240 g/mol. The lowest BCUT2D eigenvalue weighted by Crippen LogP contribution is -1.92. The van der Waals surface area contributed by atoms with Gasteiger partial charge in [-0.15, -0.1) is 0 Å². The Hall–Kier alpha value is -2.49. The summed E-state index contributed by atoms with van der Waals surface area (Å²) in [5.74, 6) is 1.80. The van der Waals surface area contributed by atoms with E-state index >= 15 is 0 Å². The number of hydrogen-bond acceptors (Lipinski definition) is 3. The van der Waals surface area contributed by atoms with Gasteiger partial charge in [0.05, 0.1) is 24.4 Å². The maximum Gasteiger partial charge on any atom is 0.148 e. The number of aromatic hydroxyl groups is 1. The SMILES string of the molecule is COc1ccccc1-c1ncc2cc(O)ccn12. The molecule has 18 heavy (non-hydrogen) atoms. The highest BCUT2D eigenvalue weighted by atomic mass is 16.5. The molecule has 4 heteroatoms. The Kier molecular flexibility index (Phi) is 2.41. The number of fused-ring (bicyclic) bond motifs is 1. The molecule has 1 N–H and O–H groups in total. The molecule has 0 amide bonds. The molecule has 0 unspecified atom stereocenters. The lowest BCUT2D eigenvalue weighted by Gasteiger charge is -2.07. The van der Waals surface area contributed by atoms with E-state index in [-0.39, 0.29) is 5.75 Å². The van der Waals surface area contributed by atoms with Crippen LogP contribution in [0.1, 0.15) is 0 Å². The maximum absolute atomic E-state index is 9.45. The van der Waals surface area contributed by atoms with E-state index in [0.717, 1.165) is 22.7 Å². The number of methoxy groups -OCH3 is 1. The van der Waals surface area contributed by atoms with E-state index in [4.69, 9.17) is 4.74 Å². The third kappa shape index (κ3) is 1.59. The van der Waals surface area contributed by atoms with Gasteiger partial charge in [0.25, 0.3) is 0 Å². The Bertz CT molecular complexity index is 704. The topological polar surface area (TPSA) is 46.8 Å². The molecule has 3 aromatic rings. The molecular formula is C14H12N2O2. The van der Waals surface area contributed by atoms with Crippen molar-refractivity contribution in [2.75, 3.05) is 7.11 Å². The van der Waals surface area contributed by atoms with Crippen LogP contribution in [-0.4, -0.2) is 21.6 Å². The second-order valence-corrected chi connectivity index (χ2v) is 3.96. The molecule has 0 saturated carbocycles. The number of benzene rings is 1. The molecule has 0 bridgehead atoms. The summed E-state index contributed by atoms with van der Waals surface area (Å²) < 4.78 is 7.25. The average Bonchev–Trinajstić information content (AvgIpc) is 2.81. The van der Waals surface area contributed by atoms with Crippen LogP contribution < -0.4 is 4.74 Å². The van der Waals surface area contributed by atoms with Gasteiger partial charge in [0.1, 0.15) is 17.3 Å². The van der Waals surface area contributed by atoms with Gasteiger partial charge in [-0.25, -0.2) is 4.98 Å². The number of nitrogens with zero attached hydrogens (tertiary/aromatic N) is 2. The van der Waals surface area contributed by atoms with Gasteiger partial charge >= 0.3 is 0 Å². The number of para-hydroxylation sites is 1. The zero-order valence-corrected chi connectivity index (χ0v) is 9.87. The predicted molar refractivity (Wildman–Crippen MR) is 68.8 cm³/mol. The van der Waals surface area contributed by atoms with Gasteiger partial charge in [0.15, 0.2) is 0 Å².